The lowest BCUT2D eigenvalue weighted by atomic mass is 10.2. The summed E-state index contributed by atoms with van der Waals surface area (Å²) in [6, 6.07) is 7.92. The van der Waals surface area contributed by atoms with Crippen LogP contribution in [0, 0.1) is 6.92 Å². The van der Waals surface area contributed by atoms with Crippen molar-refractivity contribution in [2.24, 2.45) is 0 Å². The number of carbonyl (C=O) groups excluding carboxylic acids is 1. The Bertz CT molecular complexity index is 306. The summed E-state index contributed by atoms with van der Waals surface area (Å²) in [5.74, 6) is 0.873. The molecule has 3 heteroatoms. The van der Waals surface area contributed by atoms with E-state index in [-0.39, 0.29) is 5.24 Å². The summed E-state index contributed by atoms with van der Waals surface area (Å²) in [5, 5.41) is -0.273. The molecule has 0 aromatic heterocycles. The van der Waals surface area contributed by atoms with Crippen molar-refractivity contribution in [1.29, 1.82) is 0 Å². The summed E-state index contributed by atoms with van der Waals surface area (Å²) in [5.41, 5.74) is 1.22. The van der Waals surface area contributed by atoms with Gasteiger partial charge in [-0.3, -0.25) is 4.79 Å². The predicted octanol–water partition coefficient (Wildman–Crippen LogP) is 3.31. The summed E-state index contributed by atoms with van der Waals surface area (Å²) in [7, 11) is 0. The maximum absolute atomic E-state index is 10.4. The van der Waals surface area contributed by atoms with Crippen molar-refractivity contribution in [3.05, 3.63) is 29.8 Å². The van der Waals surface area contributed by atoms with Crippen LogP contribution in [0.1, 0.15) is 24.8 Å². The number of hydrogen-bond donors (Lipinski definition) is 0. The topological polar surface area (TPSA) is 26.3 Å². The second kappa shape index (κ2) is 6.46. The molecule has 0 radical (unpaired) electrons. The van der Waals surface area contributed by atoms with Crippen molar-refractivity contribution in [1.82, 2.24) is 0 Å². The Morgan fingerprint density at radius 1 is 1.27 bits per heavy atom. The average Bonchev–Trinajstić information content (AvgIpc) is 2.20. The van der Waals surface area contributed by atoms with Gasteiger partial charge in [0.1, 0.15) is 5.75 Å². The van der Waals surface area contributed by atoms with Gasteiger partial charge in [0.2, 0.25) is 5.24 Å². The smallest absolute Gasteiger partial charge is 0.221 e. The fourth-order valence-electron chi connectivity index (χ4n) is 1.19. The van der Waals surface area contributed by atoms with E-state index < -0.39 is 0 Å². The van der Waals surface area contributed by atoms with Gasteiger partial charge in [0.15, 0.2) is 0 Å². The minimum atomic E-state index is -0.273. The predicted molar refractivity (Wildman–Crippen MR) is 61.4 cm³/mol. The van der Waals surface area contributed by atoms with E-state index in [0.29, 0.717) is 13.0 Å². The number of halogens is 1. The van der Waals surface area contributed by atoms with Gasteiger partial charge >= 0.3 is 0 Å². The molecule has 0 atom stereocenters. The van der Waals surface area contributed by atoms with Gasteiger partial charge in [0.25, 0.3) is 0 Å². The summed E-state index contributed by atoms with van der Waals surface area (Å²) >= 11 is 5.21. The molecule has 0 N–H and O–H groups in total. The van der Waals surface area contributed by atoms with Gasteiger partial charge in [0.05, 0.1) is 6.61 Å². The van der Waals surface area contributed by atoms with Gasteiger partial charge in [0, 0.05) is 6.42 Å². The van der Waals surface area contributed by atoms with Crippen LogP contribution in [0.4, 0.5) is 0 Å². The lowest BCUT2D eigenvalue weighted by molar-refractivity contribution is -0.111. The monoisotopic (exact) mass is 226 g/mol. The SMILES string of the molecule is Cc1ccc(OCCCCC(=O)Cl)cc1. The van der Waals surface area contributed by atoms with Crippen molar-refractivity contribution in [2.75, 3.05) is 6.61 Å². The molecule has 0 saturated heterocycles. The Morgan fingerprint density at radius 2 is 1.93 bits per heavy atom. The molecular weight excluding hydrogens is 212 g/mol. The normalized spacial score (nSPS) is 10.0. The first-order chi connectivity index (χ1) is 7.18. The first-order valence-corrected chi connectivity index (χ1v) is 5.44. The number of benzene rings is 1. The van der Waals surface area contributed by atoms with Crippen molar-refractivity contribution >= 4 is 16.8 Å². The Labute approximate surface area is 95.2 Å². The minimum Gasteiger partial charge on any atom is -0.494 e. The van der Waals surface area contributed by atoms with E-state index in [1.165, 1.54) is 5.56 Å². The van der Waals surface area contributed by atoms with E-state index in [1.54, 1.807) is 0 Å². The highest BCUT2D eigenvalue weighted by Crippen LogP contribution is 2.12. The van der Waals surface area contributed by atoms with Gasteiger partial charge in [-0.15, -0.1) is 0 Å². The van der Waals surface area contributed by atoms with E-state index in [0.717, 1.165) is 18.6 Å². The summed E-state index contributed by atoms with van der Waals surface area (Å²) < 4.78 is 5.49. The van der Waals surface area contributed by atoms with Crippen LogP contribution in [0.15, 0.2) is 24.3 Å². The Kier molecular flexibility index (Phi) is 5.19. The molecule has 0 bridgehead atoms. The average molecular weight is 227 g/mol. The summed E-state index contributed by atoms with van der Waals surface area (Å²) in [4.78, 5) is 10.4. The van der Waals surface area contributed by atoms with Crippen LogP contribution >= 0.6 is 11.6 Å². The Morgan fingerprint density at radius 3 is 2.53 bits per heavy atom. The zero-order valence-electron chi connectivity index (χ0n) is 8.83. The molecule has 82 valence electrons. The third kappa shape index (κ3) is 5.43. The molecule has 0 aliphatic carbocycles. The van der Waals surface area contributed by atoms with Crippen molar-refractivity contribution < 1.29 is 9.53 Å². The van der Waals surface area contributed by atoms with Crippen molar-refractivity contribution in [3.63, 3.8) is 0 Å². The molecule has 0 fully saturated rings. The molecule has 0 unspecified atom stereocenters. The molecule has 0 amide bonds. The van der Waals surface area contributed by atoms with Crippen LogP contribution in [-0.2, 0) is 4.79 Å². The molecule has 0 aliphatic rings. The fourth-order valence-corrected chi connectivity index (χ4v) is 1.32. The summed E-state index contributed by atoms with van der Waals surface area (Å²) in [6.07, 6.45) is 2.07. The lowest BCUT2D eigenvalue weighted by Crippen LogP contribution is -1.98. The maximum Gasteiger partial charge on any atom is 0.221 e. The van der Waals surface area contributed by atoms with Crippen LogP contribution in [0.5, 0.6) is 5.75 Å². The number of rotatable bonds is 6. The molecule has 0 aliphatic heterocycles. The third-order valence-electron chi connectivity index (χ3n) is 2.06. The largest absolute Gasteiger partial charge is 0.494 e. The highest BCUT2D eigenvalue weighted by molar-refractivity contribution is 6.63. The van der Waals surface area contributed by atoms with Crippen LogP contribution < -0.4 is 4.74 Å². The standard InChI is InChI=1S/C12H15ClO2/c1-10-5-7-11(8-6-10)15-9-3-2-4-12(13)14/h5-8H,2-4,9H2,1H3. The molecular formula is C12H15ClO2. The molecule has 1 rings (SSSR count). The van der Waals surface area contributed by atoms with Crippen LogP contribution in [0.3, 0.4) is 0 Å². The van der Waals surface area contributed by atoms with E-state index in [4.69, 9.17) is 16.3 Å². The molecule has 1 aromatic carbocycles. The lowest BCUT2D eigenvalue weighted by Gasteiger charge is -2.05. The van der Waals surface area contributed by atoms with Crippen molar-refractivity contribution in [3.8, 4) is 5.75 Å². The molecule has 0 saturated carbocycles. The number of hydrogen-bond acceptors (Lipinski definition) is 2. The molecule has 2 nitrogen and oxygen atoms in total. The fraction of sp³-hybridized carbons (Fsp3) is 0.417. The zero-order chi connectivity index (χ0) is 11.1. The highest BCUT2D eigenvalue weighted by Gasteiger charge is 1.96. The molecule has 0 heterocycles. The molecule has 1 aromatic rings. The summed E-state index contributed by atoms with van der Waals surface area (Å²) in [6.45, 7) is 2.67. The van der Waals surface area contributed by atoms with Crippen molar-refractivity contribution in [2.45, 2.75) is 26.2 Å². The number of carbonyl (C=O) groups is 1. The van der Waals surface area contributed by atoms with Crippen LogP contribution in [-0.4, -0.2) is 11.8 Å². The first-order valence-electron chi connectivity index (χ1n) is 5.06. The van der Waals surface area contributed by atoms with Crippen LogP contribution in [0.2, 0.25) is 0 Å². The maximum atomic E-state index is 10.4. The molecule has 15 heavy (non-hydrogen) atoms. The van der Waals surface area contributed by atoms with Gasteiger partial charge in [-0.1, -0.05) is 17.7 Å². The minimum absolute atomic E-state index is 0.273. The second-order valence-corrected chi connectivity index (χ2v) is 3.90. The number of unbranched alkanes of at least 4 members (excludes halogenated alkanes) is 1. The van der Waals surface area contributed by atoms with Gasteiger partial charge in [-0.2, -0.15) is 0 Å². The van der Waals surface area contributed by atoms with E-state index in [2.05, 4.69) is 0 Å². The van der Waals surface area contributed by atoms with Gasteiger partial charge < -0.3 is 4.74 Å². The number of ether oxygens (including phenoxy) is 1. The van der Waals surface area contributed by atoms with E-state index in [9.17, 15) is 4.79 Å². The number of aryl methyl sites for hydroxylation is 1. The highest BCUT2D eigenvalue weighted by atomic mass is 35.5. The Balaban J connectivity index is 2.15. The zero-order valence-corrected chi connectivity index (χ0v) is 9.59. The Hall–Kier alpha value is -1.02. The van der Waals surface area contributed by atoms with Crippen LogP contribution in [0.25, 0.3) is 0 Å². The quantitative estimate of drug-likeness (QED) is 0.550. The van der Waals surface area contributed by atoms with Gasteiger partial charge in [-0.05, 0) is 43.5 Å². The third-order valence-corrected chi connectivity index (χ3v) is 2.25. The van der Waals surface area contributed by atoms with Gasteiger partial charge in [-0.25, -0.2) is 0 Å². The van der Waals surface area contributed by atoms with E-state index in [1.807, 2.05) is 31.2 Å². The second-order valence-electron chi connectivity index (χ2n) is 3.47. The van der Waals surface area contributed by atoms with E-state index >= 15 is 0 Å². The first kappa shape index (κ1) is 12.1. The molecule has 0 spiro atoms.